The van der Waals surface area contributed by atoms with Crippen LogP contribution in [0, 0.1) is 19.7 Å². The standard InChI is InChI=1S/C20H22FN5O2/c1-13-9-22-25(10-13)16-4-3-7-24(11-16)20(28)19-18(27)12-26(23-19)17-6-5-15(21)8-14(17)2/h5-6,8-10,12,16,27H,3-4,7,11H2,1-2H3. The number of rotatable bonds is 3. The van der Waals surface area contributed by atoms with Gasteiger partial charge in [0.25, 0.3) is 5.91 Å². The lowest BCUT2D eigenvalue weighted by Crippen LogP contribution is -2.41. The Hall–Kier alpha value is -3.16. The van der Waals surface area contributed by atoms with Gasteiger partial charge in [0, 0.05) is 19.3 Å². The molecule has 1 amide bonds. The molecule has 146 valence electrons. The molecular weight excluding hydrogens is 361 g/mol. The van der Waals surface area contributed by atoms with Crippen molar-refractivity contribution in [2.75, 3.05) is 13.1 Å². The summed E-state index contributed by atoms with van der Waals surface area (Å²) in [6.45, 7) is 4.86. The van der Waals surface area contributed by atoms with Gasteiger partial charge in [-0.15, -0.1) is 0 Å². The topological polar surface area (TPSA) is 76.2 Å². The quantitative estimate of drug-likeness (QED) is 0.754. The van der Waals surface area contributed by atoms with Crippen molar-refractivity contribution >= 4 is 5.91 Å². The molecule has 28 heavy (non-hydrogen) atoms. The van der Waals surface area contributed by atoms with E-state index in [9.17, 15) is 14.3 Å². The molecule has 0 radical (unpaired) electrons. The molecule has 4 rings (SSSR count). The van der Waals surface area contributed by atoms with Crippen LogP contribution in [0.2, 0.25) is 0 Å². The van der Waals surface area contributed by atoms with Gasteiger partial charge in [0.1, 0.15) is 5.82 Å². The van der Waals surface area contributed by atoms with Crippen LogP contribution in [0.25, 0.3) is 5.69 Å². The molecule has 1 saturated heterocycles. The molecule has 0 spiro atoms. The fourth-order valence-corrected chi connectivity index (χ4v) is 3.65. The van der Waals surface area contributed by atoms with Crippen LogP contribution in [-0.4, -0.2) is 48.6 Å². The van der Waals surface area contributed by atoms with Gasteiger partial charge in [0.15, 0.2) is 11.4 Å². The second-order valence-electron chi connectivity index (χ2n) is 7.28. The number of amides is 1. The first kappa shape index (κ1) is 18.2. The maximum Gasteiger partial charge on any atom is 0.278 e. The number of hydrogen-bond acceptors (Lipinski definition) is 4. The highest BCUT2D eigenvalue weighted by Crippen LogP contribution is 2.26. The fraction of sp³-hybridized carbons (Fsp3) is 0.350. The number of aryl methyl sites for hydroxylation is 2. The van der Waals surface area contributed by atoms with Crippen molar-refractivity contribution in [2.24, 2.45) is 0 Å². The average molecular weight is 383 g/mol. The van der Waals surface area contributed by atoms with Crippen LogP contribution in [0.3, 0.4) is 0 Å². The Morgan fingerprint density at radius 3 is 2.82 bits per heavy atom. The number of aromatic hydroxyl groups is 1. The molecule has 1 aromatic carbocycles. The van der Waals surface area contributed by atoms with E-state index in [1.54, 1.807) is 24.1 Å². The predicted octanol–water partition coefficient (Wildman–Crippen LogP) is 3.01. The molecule has 0 saturated carbocycles. The minimum Gasteiger partial charge on any atom is -0.504 e. The van der Waals surface area contributed by atoms with Gasteiger partial charge >= 0.3 is 0 Å². The zero-order valence-corrected chi connectivity index (χ0v) is 15.8. The number of halogens is 1. The van der Waals surface area contributed by atoms with Crippen LogP contribution in [0.5, 0.6) is 5.75 Å². The normalized spacial score (nSPS) is 17.1. The fourth-order valence-electron chi connectivity index (χ4n) is 3.65. The summed E-state index contributed by atoms with van der Waals surface area (Å²) in [6, 6.07) is 4.39. The molecule has 8 heteroatoms. The molecule has 3 aromatic rings. The van der Waals surface area contributed by atoms with Crippen molar-refractivity contribution in [1.29, 1.82) is 0 Å². The van der Waals surface area contributed by atoms with E-state index in [4.69, 9.17) is 0 Å². The summed E-state index contributed by atoms with van der Waals surface area (Å²) in [5.74, 6) is -0.850. The Labute approximate surface area is 162 Å². The molecule has 0 bridgehead atoms. The van der Waals surface area contributed by atoms with Gasteiger partial charge in [0.05, 0.1) is 24.1 Å². The van der Waals surface area contributed by atoms with E-state index >= 15 is 0 Å². The van der Waals surface area contributed by atoms with Crippen molar-refractivity contribution in [1.82, 2.24) is 24.5 Å². The maximum absolute atomic E-state index is 13.3. The van der Waals surface area contributed by atoms with E-state index < -0.39 is 0 Å². The van der Waals surface area contributed by atoms with Gasteiger partial charge in [-0.25, -0.2) is 9.07 Å². The van der Waals surface area contributed by atoms with Gasteiger partial charge in [-0.3, -0.25) is 9.48 Å². The average Bonchev–Trinajstić information content (AvgIpc) is 3.27. The van der Waals surface area contributed by atoms with E-state index in [2.05, 4.69) is 10.2 Å². The van der Waals surface area contributed by atoms with E-state index in [1.165, 1.54) is 23.0 Å². The highest BCUT2D eigenvalue weighted by Gasteiger charge is 2.29. The Kier molecular flexibility index (Phi) is 4.62. The summed E-state index contributed by atoms with van der Waals surface area (Å²) in [5.41, 5.74) is 2.35. The van der Waals surface area contributed by atoms with Gasteiger partial charge in [-0.05, 0) is 56.0 Å². The Bertz CT molecular complexity index is 1030. The molecule has 1 aliphatic heterocycles. The number of carbonyl (C=O) groups excluding carboxylic acids is 1. The second kappa shape index (κ2) is 7.10. The molecule has 1 aliphatic rings. The van der Waals surface area contributed by atoms with Crippen LogP contribution < -0.4 is 0 Å². The number of hydrogen-bond donors (Lipinski definition) is 1. The third kappa shape index (κ3) is 3.37. The van der Waals surface area contributed by atoms with Crippen LogP contribution in [0.15, 0.2) is 36.8 Å². The first-order valence-electron chi connectivity index (χ1n) is 9.27. The van der Waals surface area contributed by atoms with Crippen molar-refractivity contribution < 1.29 is 14.3 Å². The molecule has 1 fully saturated rings. The predicted molar refractivity (Wildman–Crippen MR) is 101 cm³/mol. The second-order valence-corrected chi connectivity index (χ2v) is 7.28. The largest absolute Gasteiger partial charge is 0.504 e. The number of carbonyl (C=O) groups is 1. The lowest BCUT2D eigenvalue weighted by Gasteiger charge is -2.32. The highest BCUT2D eigenvalue weighted by molar-refractivity contribution is 5.95. The van der Waals surface area contributed by atoms with Crippen LogP contribution in [0.1, 0.15) is 40.5 Å². The van der Waals surface area contributed by atoms with E-state index in [0.29, 0.717) is 24.3 Å². The first-order chi connectivity index (χ1) is 13.4. The third-order valence-corrected chi connectivity index (χ3v) is 5.09. The Balaban J connectivity index is 1.57. The van der Waals surface area contributed by atoms with Crippen molar-refractivity contribution in [2.45, 2.75) is 32.7 Å². The Morgan fingerprint density at radius 2 is 2.11 bits per heavy atom. The molecule has 7 nitrogen and oxygen atoms in total. The summed E-state index contributed by atoms with van der Waals surface area (Å²) >= 11 is 0. The smallest absolute Gasteiger partial charge is 0.278 e. The molecule has 1 N–H and O–H groups in total. The molecule has 1 unspecified atom stereocenters. The summed E-state index contributed by atoms with van der Waals surface area (Å²) in [5, 5.41) is 18.9. The molecule has 3 heterocycles. The van der Waals surface area contributed by atoms with Gasteiger partial charge < -0.3 is 10.0 Å². The molecule has 2 aromatic heterocycles. The lowest BCUT2D eigenvalue weighted by atomic mass is 10.1. The van der Waals surface area contributed by atoms with E-state index in [0.717, 1.165) is 18.4 Å². The van der Waals surface area contributed by atoms with Gasteiger partial charge in [0.2, 0.25) is 0 Å². The van der Waals surface area contributed by atoms with E-state index in [1.807, 2.05) is 17.8 Å². The number of aromatic nitrogens is 4. The molecule has 0 aliphatic carbocycles. The van der Waals surface area contributed by atoms with E-state index in [-0.39, 0.29) is 29.2 Å². The summed E-state index contributed by atoms with van der Waals surface area (Å²) in [6.07, 6.45) is 6.96. The summed E-state index contributed by atoms with van der Waals surface area (Å²) in [4.78, 5) is 14.7. The number of likely N-dealkylation sites (tertiary alicyclic amines) is 1. The SMILES string of the molecule is Cc1cnn(C2CCCN(C(=O)c3nn(-c4ccc(F)cc4C)cc3O)C2)c1. The monoisotopic (exact) mass is 383 g/mol. The minimum atomic E-state index is -0.345. The van der Waals surface area contributed by atoms with Crippen molar-refractivity contribution in [3.63, 3.8) is 0 Å². The number of benzene rings is 1. The highest BCUT2D eigenvalue weighted by atomic mass is 19.1. The number of piperidine rings is 1. The first-order valence-corrected chi connectivity index (χ1v) is 9.27. The third-order valence-electron chi connectivity index (χ3n) is 5.09. The lowest BCUT2D eigenvalue weighted by molar-refractivity contribution is 0.0663. The summed E-state index contributed by atoms with van der Waals surface area (Å²) < 4.78 is 16.7. The number of nitrogens with zero attached hydrogens (tertiary/aromatic N) is 5. The minimum absolute atomic E-state index is 0.000945. The molecule has 1 atom stereocenters. The zero-order valence-electron chi connectivity index (χ0n) is 15.8. The summed E-state index contributed by atoms with van der Waals surface area (Å²) in [7, 11) is 0. The Morgan fingerprint density at radius 1 is 1.29 bits per heavy atom. The zero-order chi connectivity index (χ0) is 19.8. The van der Waals surface area contributed by atoms with Gasteiger partial charge in [-0.2, -0.15) is 10.2 Å². The maximum atomic E-state index is 13.3. The van der Waals surface area contributed by atoms with Crippen molar-refractivity contribution in [3.8, 4) is 11.4 Å². The van der Waals surface area contributed by atoms with Crippen LogP contribution in [0.4, 0.5) is 4.39 Å². The van der Waals surface area contributed by atoms with Crippen molar-refractivity contribution in [3.05, 3.63) is 59.4 Å². The van der Waals surface area contributed by atoms with Gasteiger partial charge in [-0.1, -0.05) is 0 Å². The van der Waals surface area contributed by atoms with Crippen LogP contribution in [-0.2, 0) is 0 Å². The molecular formula is C20H22FN5O2. The van der Waals surface area contributed by atoms with Crippen LogP contribution >= 0.6 is 0 Å².